The summed E-state index contributed by atoms with van der Waals surface area (Å²) in [6.07, 6.45) is 4.85. The van der Waals surface area contributed by atoms with Gasteiger partial charge in [-0.2, -0.15) is 0 Å². The van der Waals surface area contributed by atoms with Crippen LogP contribution in [0.25, 0.3) is 5.57 Å². The van der Waals surface area contributed by atoms with Crippen molar-refractivity contribution in [2.45, 2.75) is 0 Å². The Labute approximate surface area is 211 Å². The smallest absolute Gasteiger partial charge is 0.336 e. The fraction of sp³-hybridized carbons (Fsp3) is 0.192. The van der Waals surface area contributed by atoms with Crippen LogP contribution in [0.3, 0.4) is 0 Å². The number of amides is 1. The summed E-state index contributed by atoms with van der Waals surface area (Å²) >= 11 is 1.93. The van der Waals surface area contributed by atoms with Crippen LogP contribution in [0.4, 0.5) is 11.4 Å². The maximum atomic E-state index is 12.3. The zero-order chi connectivity index (χ0) is 24.6. The van der Waals surface area contributed by atoms with E-state index in [0.29, 0.717) is 22.8 Å². The van der Waals surface area contributed by atoms with Crippen molar-refractivity contribution in [2.24, 2.45) is 4.99 Å². The first-order valence-corrected chi connectivity index (χ1v) is 12.1. The summed E-state index contributed by atoms with van der Waals surface area (Å²) < 4.78 is 6.54. The molecule has 7 nitrogen and oxygen atoms in total. The van der Waals surface area contributed by atoms with Crippen molar-refractivity contribution in [1.29, 1.82) is 0 Å². The van der Waals surface area contributed by atoms with Gasteiger partial charge in [0, 0.05) is 68.4 Å². The number of allylic oxidation sites excluding steroid dienone is 3. The van der Waals surface area contributed by atoms with Gasteiger partial charge in [0.2, 0.25) is 0 Å². The van der Waals surface area contributed by atoms with Gasteiger partial charge in [-0.05, 0) is 42.0 Å². The van der Waals surface area contributed by atoms with Crippen LogP contribution >= 0.6 is 22.6 Å². The van der Waals surface area contributed by atoms with E-state index >= 15 is 0 Å². The number of hydrogen-bond acceptors (Lipinski definition) is 5. The second-order valence-electron chi connectivity index (χ2n) is 8.30. The van der Waals surface area contributed by atoms with Crippen LogP contribution in [-0.4, -0.2) is 55.3 Å². The Balaban J connectivity index is 1.99. The Morgan fingerprint density at radius 3 is 1.97 bits per heavy atom. The number of carboxylic acids is 1. The van der Waals surface area contributed by atoms with Crippen molar-refractivity contribution in [2.75, 3.05) is 42.4 Å². The van der Waals surface area contributed by atoms with Gasteiger partial charge in [-0.25, -0.2) is 9.79 Å². The lowest BCUT2D eigenvalue weighted by Gasteiger charge is -2.28. The van der Waals surface area contributed by atoms with Gasteiger partial charge in [0.15, 0.2) is 0 Å². The molecule has 8 heteroatoms. The number of carbonyl (C=O) groups excluding carboxylic acids is 1. The van der Waals surface area contributed by atoms with Crippen molar-refractivity contribution in [3.63, 3.8) is 0 Å². The Morgan fingerprint density at radius 2 is 1.50 bits per heavy atom. The van der Waals surface area contributed by atoms with Crippen molar-refractivity contribution in [3.05, 3.63) is 76.9 Å². The maximum Gasteiger partial charge on any atom is 0.336 e. The predicted octanol–water partition coefficient (Wildman–Crippen LogP) is 4.71. The summed E-state index contributed by atoms with van der Waals surface area (Å²) in [7, 11) is 7.81. The normalized spacial score (nSPS) is 15.3. The summed E-state index contributed by atoms with van der Waals surface area (Å²) in [5, 5.41) is 10.1. The minimum absolute atomic E-state index is 0.0738. The molecule has 174 valence electrons. The average molecular weight is 581 g/mol. The maximum absolute atomic E-state index is 12.3. The molecule has 2 aromatic rings. The predicted molar refractivity (Wildman–Crippen MR) is 144 cm³/mol. The average Bonchev–Trinajstić information content (AvgIpc) is 2.81. The van der Waals surface area contributed by atoms with E-state index < -0.39 is 5.97 Å². The molecule has 0 fully saturated rings. The summed E-state index contributed by atoms with van der Waals surface area (Å²) in [6.45, 7) is 0. The molecule has 0 bridgehead atoms. The van der Waals surface area contributed by atoms with Crippen LogP contribution < -0.4 is 14.5 Å². The van der Waals surface area contributed by atoms with E-state index in [9.17, 15) is 14.7 Å². The van der Waals surface area contributed by atoms with Crippen molar-refractivity contribution >= 4 is 57.1 Å². The fourth-order valence-corrected chi connectivity index (χ4v) is 4.06. The quantitative estimate of drug-likeness (QED) is 0.355. The van der Waals surface area contributed by atoms with Gasteiger partial charge in [-0.1, -0.05) is 28.7 Å². The van der Waals surface area contributed by atoms with Gasteiger partial charge in [0.1, 0.15) is 11.5 Å². The monoisotopic (exact) mass is 581 g/mol. The molecule has 1 aliphatic carbocycles. The number of carboxylic acid groups (broad SMARTS) is 1. The van der Waals surface area contributed by atoms with E-state index in [1.54, 1.807) is 12.2 Å². The molecule has 1 N–H and O–H groups in total. The third-order valence-corrected chi connectivity index (χ3v) is 6.25. The Hall–Kier alpha value is -3.40. The summed E-state index contributed by atoms with van der Waals surface area (Å²) in [5.41, 5.74) is 5.22. The highest BCUT2D eigenvalue weighted by Gasteiger charge is 2.29. The second-order valence-corrected chi connectivity index (χ2v) is 9.06. The molecule has 1 amide bonds. The molecular formula is C26H24IN3O4. The molecule has 0 unspecified atom stereocenters. The number of nitrogens with zero attached hydrogens (tertiary/aromatic N) is 3. The zero-order valence-electron chi connectivity index (χ0n) is 19.3. The number of hydrogen-bond donors (Lipinski definition) is 1. The van der Waals surface area contributed by atoms with E-state index in [4.69, 9.17) is 4.74 Å². The number of ether oxygens (including phenoxy) is 1. The molecule has 2 aliphatic rings. The number of alkyl halides is 1. The molecule has 0 spiro atoms. The number of benzene rings is 2. The van der Waals surface area contributed by atoms with E-state index in [1.807, 2.05) is 97.0 Å². The van der Waals surface area contributed by atoms with Crippen LogP contribution in [0.1, 0.15) is 11.1 Å². The topological polar surface area (TPSA) is 82.4 Å². The van der Waals surface area contributed by atoms with Crippen LogP contribution in [0.2, 0.25) is 0 Å². The number of carbonyl (C=O) groups is 2. The SMILES string of the molecule is CN(C)[13c]1[13cH][13cH][13c]2[13c]([13cH]1)O[13c]1[13cH][13c](N(C)C)[13cH][13cH][13c]1C2=C1C=CC(=NC(=O)CI)C=C1C(=O)O. The Kier molecular flexibility index (Phi) is 6.60. The van der Waals surface area contributed by atoms with Gasteiger partial charge in [-0.3, -0.25) is 4.79 Å². The molecule has 2 aromatic carbocycles. The molecular weight excluding hydrogens is 557 g/mol. The van der Waals surface area contributed by atoms with Gasteiger partial charge < -0.3 is 19.6 Å². The Morgan fingerprint density at radius 1 is 0.941 bits per heavy atom. The number of anilines is 2. The fourth-order valence-electron chi connectivity index (χ4n) is 3.88. The van der Waals surface area contributed by atoms with Gasteiger partial charge in [-0.15, -0.1) is 0 Å². The number of aliphatic carboxylic acids is 1. The Bertz CT molecular complexity index is 1260. The molecule has 34 heavy (non-hydrogen) atoms. The van der Waals surface area contributed by atoms with E-state index in [0.717, 1.165) is 28.1 Å². The number of fused-ring (bicyclic) bond motifs is 2. The standard InChI is InChI=1S/C26H24IN3O4/c1-29(2)16-6-9-19-22(12-16)34-23-13-17(30(3)4)7-10-20(23)25(19)18-8-5-15(28-24(31)14-27)11-21(18)26(32)33/h5-13H,14H2,1-4H3,(H,32,33)/i6+1,7+1,9+1,10+1,12+1,13+1,16+1,17+1,19+1,20+1,22+1,23+1. The van der Waals surface area contributed by atoms with E-state index in [-0.39, 0.29) is 15.9 Å². The minimum atomic E-state index is -1.09. The summed E-state index contributed by atoms with van der Waals surface area (Å²) in [4.78, 5) is 32.1. The van der Waals surface area contributed by atoms with E-state index in [1.165, 1.54) is 6.08 Å². The second kappa shape index (κ2) is 9.46. The minimum Gasteiger partial charge on any atom is -0.478 e. The summed E-state index contributed by atoms with van der Waals surface area (Å²) in [6, 6.07) is 11.8. The van der Waals surface area contributed by atoms with Crippen molar-refractivity contribution in [3.8, 4) is 11.5 Å². The number of aliphatic imine (C=N–C) groups is 1. The first-order chi connectivity index (χ1) is 16.2. The highest BCUT2D eigenvalue weighted by atomic mass is 127. The van der Waals surface area contributed by atoms with Gasteiger partial charge >= 0.3 is 5.97 Å². The van der Waals surface area contributed by atoms with Crippen LogP contribution in [0.15, 0.2) is 70.8 Å². The molecule has 0 atom stereocenters. The lowest BCUT2D eigenvalue weighted by molar-refractivity contribution is -0.132. The first kappa shape index (κ1) is 23.7. The lowest BCUT2D eigenvalue weighted by Crippen LogP contribution is -2.15. The third kappa shape index (κ3) is 4.50. The molecule has 0 saturated heterocycles. The molecule has 0 aromatic heterocycles. The number of halogens is 1. The first-order valence-electron chi connectivity index (χ1n) is 10.6. The molecule has 4 rings (SSSR count). The van der Waals surface area contributed by atoms with Crippen LogP contribution in [0.5, 0.6) is 11.5 Å². The largest absolute Gasteiger partial charge is 0.478 e. The lowest BCUT2D eigenvalue weighted by atomic mass is 9.97. The third-order valence-electron chi connectivity index (χ3n) is 5.59. The molecule has 0 saturated carbocycles. The van der Waals surface area contributed by atoms with E-state index in [2.05, 4.69) is 4.99 Å². The van der Waals surface area contributed by atoms with Crippen LogP contribution in [-0.2, 0) is 9.59 Å². The molecule has 1 heterocycles. The number of rotatable bonds is 4. The van der Waals surface area contributed by atoms with Gasteiger partial charge in [0.05, 0.1) is 15.7 Å². The zero-order valence-corrected chi connectivity index (χ0v) is 21.5. The van der Waals surface area contributed by atoms with Crippen molar-refractivity contribution in [1.82, 2.24) is 0 Å². The molecule has 0 radical (unpaired) electrons. The molecule has 1 aliphatic heterocycles. The van der Waals surface area contributed by atoms with Gasteiger partial charge in [0.25, 0.3) is 5.91 Å². The van der Waals surface area contributed by atoms with Crippen LogP contribution in [0, 0.1) is 0 Å². The van der Waals surface area contributed by atoms with Crippen molar-refractivity contribution < 1.29 is 19.4 Å². The summed E-state index contributed by atoms with van der Waals surface area (Å²) in [5.74, 6) is -0.109. The highest BCUT2D eigenvalue weighted by Crippen LogP contribution is 2.48. The highest BCUT2D eigenvalue weighted by molar-refractivity contribution is 14.1.